The van der Waals surface area contributed by atoms with Gasteiger partial charge in [0.2, 0.25) is 0 Å². The first-order valence-electron chi connectivity index (χ1n) is 8.44. The van der Waals surface area contributed by atoms with Crippen molar-refractivity contribution in [2.75, 3.05) is 18.0 Å². The molecule has 3 amide bonds. The average molecular weight is 393 g/mol. The Morgan fingerprint density at radius 2 is 1.82 bits per heavy atom. The molecule has 1 heterocycles. The Bertz CT molecular complexity index is 895. The Labute approximate surface area is 159 Å². The summed E-state index contributed by atoms with van der Waals surface area (Å²) in [6.45, 7) is 0.270. The van der Waals surface area contributed by atoms with Crippen LogP contribution >= 0.6 is 0 Å². The van der Waals surface area contributed by atoms with E-state index in [1.54, 1.807) is 24.3 Å². The molecule has 6 nitrogen and oxygen atoms in total. The van der Waals surface area contributed by atoms with Gasteiger partial charge in [-0.3, -0.25) is 14.9 Å². The Morgan fingerprint density at radius 1 is 1.18 bits per heavy atom. The molecule has 0 bridgehead atoms. The average Bonchev–Trinajstić information content (AvgIpc) is 2.64. The topological polar surface area (TPSA) is 72.9 Å². The van der Waals surface area contributed by atoms with Crippen molar-refractivity contribution >= 4 is 17.6 Å². The third-order valence-corrected chi connectivity index (χ3v) is 4.44. The van der Waals surface area contributed by atoms with E-state index in [0.29, 0.717) is 5.69 Å². The second-order valence-electron chi connectivity index (χ2n) is 6.66. The molecule has 9 heteroatoms. The molecule has 1 aliphatic rings. The van der Waals surface area contributed by atoms with E-state index >= 15 is 0 Å². The second kappa shape index (κ2) is 7.51. The summed E-state index contributed by atoms with van der Waals surface area (Å²) >= 11 is 0. The van der Waals surface area contributed by atoms with Crippen LogP contribution in [0.1, 0.15) is 21.5 Å². The van der Waals surface area contributed by atoms with E-state index in [9.17, 15) is 22.8 Å². The summed E-state index contributed by atoms with van der Waals surface area (Å²) in [7, 11) is 0. The van der Waals surface area contributed by atoms with E-state index in [-0.39, 0.29) is 17.7 Å². The van der Waals surface area contributed by atoms with Crippen LogP contribution in [0.4, 0.5) is 23.7 Å². The number of hydroxylamine groups is 1. The molecule has 28 heavy (non-hydrogen) atoms. The highest BCUT2D eigenvalue weighted by molar-refractivity contribution is 5.94. The molecule has 0 unspecified atom stereocenters. The van der Waals surface area contributed by atoms with Gasteiger partial charge in [-0.1, -0.05) is 23.8 Å². The molecular weight excluding hydrogens is 375 g/mol. The minimum Gasteiger partial charge on any atom is -0.312 e. The molecule has 0 saturated carbocycles. The summed E-state index contributed by atoms with van der Waals surface area (Å²) in [4.78, 5) is 26.3. The predicted octanol–water partition coefficient (Wildman–Crippen LogP) is 3.33. The second-order valence-corrected chi connectivity index (χ2v) is 6.66. The van der Waals surface area contributed by atoms with Crippen LogP contribution in [0, 0.1) is 12.7 Å². The Kier molecular flexibility index (Phi) is 5.28. The highest BCUT2D eigenvalue weighted by Crippen LogP contribution is 2.30. The standard InChI is InChI=1S/C19H18F3N3O3/c1-12-2-6-15(7-3-12)25(18(27)24-10-19(21,22)11-24)9-14-5-4-13(8-16(14)20)17(26)23-28/h2-8,28H,9-11H2,1H3,(H,23,26). The van der Waals surface area contributed by atoms with Crippen molar-refractivity contribution < 1.29 is 28.0 Å². The lowest BCUT2D eigenvalue weighted by Gasteiger charge is -2.41. The third-order valence-electron chi connectivity index (χ3n) is 4.44. The lowest BCUT2D eigenvalue weighted by atomic mass is 10.1. The minimum absolute atomic E-state index is 0.0932. The van der Waals surface area contributed by atoms with Crippen molar-refractivity contribution in [1.82, 2.24) is 10.4 Å². The number of amides is 3. The fourth-order valence-electron chi connectivity index (χ4n) is 2.86. The van der Waals surface area contributed by atoms with Gasteiger partial charge in [-0.05, 0) is 31.2 Å². The fourth-order valence-corrected chi connectivity index (χ4v) is 2.86. The largest absolute Gasteiger partial charge is 0.325 e. The van der Waals surface area contributed by atoms with Crippen molar-refractivity contribution in [2.24, 2.45) is 0 Å². The maximum absolute atomic E-state index is 14.4. The van der Waals surface area contributed by atoms with Crippen LogP contribution in [0.2, 0.25) is 0 Å². The highest BCUT2D eigenvalue weighted by Gasteiger charge is 2.47. The number of rotatable bonds is 4. The molecule has 0 aliphatic carbocycles. The smallest absolute Gasteiger partial charge is 0.312 e. The Morgan fingerprint density at radius 3 is 2.36 bits per heavy atom. The van der Waals surface area contributed by atoms with Gasteiger partial charge in [-0.25, -0.2) is 23.4 Å². The number of nitrogens with one attached hydrogen (secondary N) is 1. The van der Waals surface area contributed by atoms with E-state index in [4.69, 9.17) is 5.21 Å². The van der Waals surface area contributed by atoms with Gasteiger partial charge < -0.3 is 4.90 Å². The van der Waals surface area contributed by atoms with Crippen molar-refractivity contribution in [2.45, 2.75) is 19.4 Å². The molecule has 2 aromatic rings. The van der Waals surface area contributed by atoms with E-state index in [0.717, 1.165) is 16.5 Å². The number of benzene rings is 2. The van der Waals surface area contributed by atoms with Gasteiger partial charge in [0.1, 0.15) is 5.82 Å². The van der Waals surface area contributed by atoms with Gasteiger partial charge in [0.05, 0.1) is 19.6 Å². The van der Waals surface area contributed by atoms with Crippen molar-refractivity contribution in [3.63, 3.8) is 0 Å². The number of carbonyl (C=O) groups is 2. The van der Waals surface area contributed by atoms with Crippen molar-refractivity contribution in [1.29, 1.82) is 0 Å². The number of aryl methyl sites for hydroxylation is 1. The van der Waals surface area contributed by atoms with Gasteiger partial charge in [0.25, 0.3) is 11.8 Å². The van der Waals surface area contributed by atoms with Crippen LogP contribution in [0.3, 0.4) is 0 Å². The molecule has 1 saturated heterocycles. The first-order chi connectivity index (χ1) is 13.2. The summed E-state index contributed by atoms with van der Waals surface area (Å²) in [5.74, 6) is -4.56. The van der Waals surface area contributed by atoms with Crippen LogP contribution in [0.25, 0.3) is 0 Å². The van der Waals surface area contributed by atoms with E-state index in [2.05, 4.69) is 0 Å². The maximum atomic E-state index is 14.4. The van der Waals surface area contributed by atoms with Crippen LogP contribution in [-0.4, -0.2) is 41.1 Å². The molecule has 0 radical (unpaired) electrons. The van der Waals surface area contributed by atoms with Gasteiger partial charge in [-0.2, -0.15) is 0 Å². The third kappa shape index (κ3) is 4.09. The molecule has 0 spiro atoms. The number of urea groups is 1. The number of nitrogens with zero attached hydrogens (tertiary/aromatic N) is 2. The molecule has 148 valence electrons. The summed E-state index contributed by atoms with van der Waals surface area (Å²) in [5, 5.41) is 8.63. The monoisotopic (exact) mass is 393 g/mol. The van der Waals surface area contributed by atoms with E-state index in [1.165, 1.54) is 22.5 Å². The zero-order valence-corrected chi connectivity index (χ0v) is 15.0. The molecule has 2 aromatic carbocycles. The first-order valence-corrected chi connectivity index (χ1v) is 8.44. The first kappa shape index (κ1) is 19.7. The lowest BCUT2D eigenvalue weighted by molar-refractivity contribution is -0.108. The number of halogens is 3. The molecule has 1 fully saturated rings. The highest BCUT2D eigenvalue weighted by atomic mass is 19.3. The van der Waals surface area contributed by atoms with Crippen LogP contribution in [0.15, 0.2) is 42.5 Å². The molecule has 2 N–H and O–H groups in total. The zero-order valence-electron chi connectivity index (χ0n) is 15.0. The molecular formula is C19H18F3N3O3. The number of carbonyl (C=O) groups excluding carboxylic acids is 2. The number of anilines is 1. The number of likely N-dealkylation sites (tertiary alicyclic amines) is 1. The fraction of sp³-hybridized carbons (Fsp3) is 0.263. The Hall–Kier alpha value is -3.07. The van der Waals surface area contributed by atoms with E-state index < -0.39 is 36.8 Å². The van der Waals surface area contributed by atoms with Crippen LogP contribution in [0.5, 0.6) is 0 Å². The van der Waals surface area contributed by atoms with E-state index in [1.807, 2.05) is 6.92 Å². The normalized spacial score (nSPS) is 15.0. The van der Waals surface area contributed by atoms with Gasteiger partial charge >= 0.3 is 6.03 Å². The number of alkyl halides is 2. The predicted molar refractivity (Wildman–Crippen MR) is 94.9 cm³/mol. The van der Waals surface area contributed by atoms with Crippen molar-refractivity contribution in [3.8, 4) is 0 Å². The summed E-state index contributed by atoms with van der Waals surface area (Å²) < 4.78 is 40.8. The Balaban J connectivity index is 1.88. The van der Waals surface area contributed by atoms with Gasteiger partial charge in [-0.15, -0.1) is 0 Å². The maximum Gasteiger partial charge on any atom is 0.325 e. The summed E-state index contributed by atoms with van der Waals surface area (Å²) in [5.41, 5.74) is 2.78. The van der Waals surface area contributed by atoms with Gasteiger partial charge in [0, 0.05) is 16.8 Å². The quantitative estimate of drug-likeness (QED) is 0.618. The van der Waals surface area contributed by atoms with Gasteiger partial charge in [0.15, 0.2) is 0 Å². The zero-order chi connectivity index (χ0) is 20.5. The van der Waals surface area contributed by atoms with Crippen molar-refractivity contribution in [3.05, 3.63) is 65.0 Å². The lowest BCUT2D eigenvalue weighted by Crippen LogP contribution is -2.61. The molecule has 1 aliphatic heterocycles. The summed E-state index contributed by atoms with van der Waals surface area (Å²) in [6, 6.07) is 9.67. The summed E-state index contributed by atoms with van der Waals surface area (Å²) in [6.07, 6.45) is 0. The molecule has 0 aromatic heterocycles. The van der Waals surface area contributed by atoms with Crippen LogP contribution in [-0.2, 0) is 6.54 Å². The molecule has 0 atom stereocenters. The minimum atomic E-state index is -2.92. The number of hydrogen-bond donors (Lipinski definition) is 2. The molecule has 3 rings (SSSR count). The number of hydrogen-bond acceptors (Lipinski definition) is 3. The van der Waals surface area contributed by atoms with Crippen LogP contribution < -0.4 is 10.4 Å². The SMILES string of the molecule is Cc1ccc(N(Cc2ccc(C(=O)NO)cc2F)C(=O)N2CC(F)(F)C2)cc1.